The molecular weight excluding hydrogens is 338 g/mol. The van der Waals surface area contributed by atoms with Crippen LogP contribution in [0.2, 0.25) is 0 Å². The molecular formula is C18H27N3O3S. The van der Waals surface area contributed by atoms with Gasteiger partial charge < -0.3 is 10.2 Å². The third-order valence-corrected chi connectivity index (χ3v) is 6.93. The third-order valence-electron chi connectivity index (χ3n) is 5.08. The highest BCUT2D eigenvalue weighted by Crippen LogP contribution is 2.18. The maximum absolute atomic E-state index is 12.4. The molecule has 2 saturated heterocycles. The number of nitrogens with zero attached hydrogens (tertiary/aromatic N) is 2. The quantitative estimate of drug-likeness (QED) is 0.857. The number of rotatable bonds is 5. The van der Waals surface area contributed by atoms with Gasteiger partial charge in [-0.15, -0.1) is 0 Å². The van der Waals surface area contributed by atoms with Gasteiger partial charge in [-0.3, -0.25) is 4.79 Å². The first kappa shape index (κ1) is 18.4. The van der Waals surface area contributed by atoms with Crippen LogP contribution in [-0.2, 0) is 15.8 Å². The van der Waals surface area contributed by atoms with Crippen molar-refractivity contribution in [2.75, 3.05) is 33.2 Å². The summed E-state index contributed by atoms with van der Waals surface area (Å²) >= 11 is 0. The van der Waals surface area contributed by atoms with Crippen LogP contribution in [-0.4, -0.2) is 62.8 Å². The molecule has 0 bridgehead atoms. The Kier molecular flexibility index (Phi) is 5.76. The summed E-state index contributed by atoms with van der Waals surface area (Å²) in [5.74, 6) is -0.0763. The van der Waals surface area contributed by atoms with E-state index < -0.39 is 10.0 Å². The van der Waals surface area contributed by atoms with Gasteiger partial charge in [0.05, 0.1) is 5.75 Å². The lowest BCUT2D eigenvalue weighted by atomic mass is 10.0. The molecule has 6 nitrogen and oxygen atoms in total. The fourth-order valence-electron chi connectivity index (χ4n) is 3.44. The summed E-state index contributed by atoms with van der Waals surface area (Å²) in [6, 6.07) is 7.16. The fourth-order valence-corrected chi connectivity index (χ4v) is 5.05. The molecule has 2 aliphatic heterocycles. The average molecular weight is 365 g/mol. The number of carbonyl (C=O) groups is 1. The molecule has 2 heterocycles. The van der Waals surface area contributed by atoms with Crippen molar-refractivity contribution in [2.24, 2.45) is 0 Å². The van der Waals surface area contributed by atoms with Gasteiger partial charge in [-0.05, 0) is 63.5 Å². The molecule has 0 aliphatic carbocycles. The molecule has 0 aromatic heterocycles. The van der Waals surface area contributed by atoms with Crippen LogP contribution in [0.1, 0.15) is 41.6 Å². The van der Waals surface area contributed by atoms with E-state index in [-0.39, 0.29) is 17.7 Å². The van der Waals surface area contributed by atoms with Gasteiger partial charge in [0.15, 0.2) is 0 Å². The normalized spacial score (nSPS) is 20.7. The Labute approximate surface area is 150 Å². The van der Waals surface area contributed by atoms with Crippen LogP contribution in [0.4, 0.5) is 0 Å². The van der Waals surface area contributed by atoms with Crippen molar-refractivity contribution < 1.29 is 13.2 Å². The van der Waals surface area contributed by atoms with Crippen molar-refractivity contribution in [3.05, 3.63) is 35.4 Å². The van der Waals surface area contributed by atoms with E-state index in [0.29, 0.717) is 18.7 Å². The van der Waals surface area contributed by atoms with Crippen molar-refractivity contribution in [1.82, 2.24) is 14.5 Å². The van der Waals surface area contributed by atoms with E-state index >= 15 is 0 Å². The smallest absolute Gasteiger partial charge is 0.251 e. The number of amides is 1. The van der Waals surface area contributed by atoms with Gasteiger partial charge in [0.1, 0.15) is 0 Å². The lowest BCUT2D eigenvalue weighted by Gasteiger charge is -2.29. The van der Waals surface area contributed by atoms with Gasteiger partial charge in [-0.2, -0.15) is 0 Å². The summed E-state index contributed by atoms with van der Waals surface area (Å²) in [6.45, 7) is 3.25. The number of hydrogen-bond acceptors (Lipinski definition) is 4. The monoisotopic (exact) mass is 365 g/mol. The number of carbonyl (C=O) groups excluding carboxylic acids is 1. The van der Waals surface area contributed by atoms with Crippen LogP contribution in [0.25, 0.3) is 0 Å². The lowest BCUT2D eigenvalue weighted by molar-refractivity contribution is 0.0917. The number of sulfonamides is 1. The zero-order valence-electron chi connectivity index (χ0n) is 14.8. The summed E-state index contributed by atoms with van der Waals surface area (Å²) in [5.41, 5.74) is 1.31. The molecule has 0 unspecified atom stereocenters. The van der Waals surface area contributed by atoms with Crippen molar-refractivity contribution in [1.29, 1.82) is 0 Å². The summed E-state index contributed by atoms with van der Waals surface area (Å²) in [4.78, 5) is 14.6. The van der Waals surface area contributed by atoms with Gasteiger partial charge >= 0.3 is 0 Å². The molecule has 1 N–H and O–H groups in total. The summed E-state index contributed by atoms with van der Waals surface area (Å²) in [6.07, 6.45) is 3.81. The molecule has 0 spiro atoms. The van der Waals surface area contributed by atoms with Crippen LogP contribution in [0.3, 0.4) is 0 Å². The Morgan fingerprint density at radius 2 is 1.68 bits per heavy atom. The highest BCUT2D eigenvalue weighted by molar-refractivity contribution is 7.88. The first-order chi connectivity index (χ1) is 11.9. The van der Waals surface area contributed by atoms with Crippen LogP contribution < -0.4 is 5.32 Å². The molecule has 0 atom stereocenters. The Hall–Kier alpha value is -1.44. The predicted octanol–water partition coefficient (Wildman–Crippen LogP) is 1.44. The zero-order valence-corrected chi connectivity index (χ0v) is 15.6. The van der Waals surface area contributed by atoms with Gasteiger partial charge in [0.2, 0.25) is 10.0 Å². The number of nitrogens with one attached hydrogen (secondary N) is 1. The van der Waals surface area contributed by atoms with E-state index in [1.54, 1.807) is 28.6 Å². The van der Waals surface area contributed by atoms with Gasteiger partial charge in [-0.25, -0.2) is 12.7 Å². The molecule has 3 rings (SSSR count). The minimum atomic E-state index is -3.25. The van der Waals surface area contributed by atoms with E-state index in [4.69, 9.17) is 0 Å². The lowest BCUT2D eigenvalue weighted by Crippen LogP contribution is -2.43. The topological polar surface area (TPSA) is 69.7 Å². The maximum atomic E-state index is 12.4. The second-order valence-electron chi connectivity index (χ2n) is 7.11. The van der Waals surface area contributed by atoms with Gasteiger partial charge in [0.25, 0.3) is 5.91 Å². The standard InChI is InChI=1S/C18H27N3O3S/c1-20-12-8-17(9-13-20)19-18(22)16-6-4-15(5-7-16)14-25(23,24)21-10-2-3-11-21/h4-7,17H,2-3,8-14H2,1H3,(H,19,22). The minimum absolute atomic E-state index is 0.00383. The molecule has 0 radical (unpaired) electrons. The number of benzene rings is 1. The summed E-state index contributed by atoms with van der Waals surface area (Å²) in [5, 5.41) is 3.08. The molecule has 1 aromatic rings. The van der Waals surface area contributed by atoms with Gasteiger partial charge in [0, 0.05) is 24.7 Å². The summed E-state index contributed by atoms with van der Waals surface area (Å²) < 4.78 is 26.3. The Balaban J connectivity index is 1.57. The highest BCUT2D eigenvalue weighted by atomic mass is 32.2. The minimum Gasteiger partial charge on any atom is -0.349 e. The van der Waals surface area contributed by atoms with Crippen LogP contribution in [0.15, 0.2) is 24.3 Å². The van der Waals surface area contributed by atoms with Crippen molar-refractivity contribution in [3.8, 4) is 0 Å². The molecule has 0 saturated carbocycles. The molecule has 25 heavy (non-hydrogen) atoms. The van der Waals surface area contributed by atoms with Gasteiger partial charge in [-0.1, -0.05) is 12.1 Å². The largest absolute Gasteiger partial charge is 0.349 e. The highest BCUT2D eigenvalue weighted by Gasteiger charge is 2.25. The number of hydrogen-bond donors (Lipinski definition) is 1. The Morgan fingerprint density at radius 3 is 2.28 bits per heavy atom. The molecule has 138 valence electrons. The number of piperidine rings is 1. The van der Waals surface area contributed by atoms with Crippen molar-refractivity contribution >= 4 is 15.9 Å². The molecule has 1 amide bonds. The average Bonchev–Trinajstić information content (AvgIpc) is 3.13. The fraction of sp³-hybridized carbons (Fsp3) is 0.611. The first-order valence-corrected chi connectivity index (χ1v) is 10.6. The van der Waals surface area contributed by atoms with E-state index in [9.17, 15) is 13.2 Å². The second-order valence-corrected chi connectivity index (χ2v) is 9.08. The van der Waals surface area contributed by atoms with Crippen molar-refractivity contribution in [3.63, 3.8) is 0 Å². The summed E-state index contributed by atoms with van der Waals surface area (Å²) in [7, 11) is -1.16. The first-order valence-electron chi connectivity index (χ1n) is 9.00. The predicted molar refractivity (Wildman–Crippen MR) is 97.9 cm³/mol. The third kappa shape index (κ3) is 4.80. The SMILES string of the molecule is CN1CCC(NC(=O)c2ccc(CS(=O)(=O)N3CCCC3)cc2)CC1. The van der Waals surface area contributed by atoms with E-state index in [2.05, 4.69) is 17.3 Å². The van der Waals surface area contributed by atoms with Crippen LogP contribution in [0, 0.1) is 0 Å². The Bertz CT molecular complexity index is 689. The molecule has 7 heteroatoms. The zero-order chi connectivity index (χ0) is 17.9. The molecule has 2 aliphatic rings. The maximum Gasteiger partial charge on any atom is 0.251 e. The van der Waals surface area contributed by atoms with E-state index in [1.807, 2.05) is 0 Å². The van der Waals surface area contributed by atoms with Crippen LogP contribution >= 0.6 is 0 Å². The van der Waals surface area contributed by atoms with Crippen LogP contribution in [0.5, 0.6) is 0 Å². The van der Waals surface area contributed by atoms with E-state index in [1.165, 1.54) is 0 Å². The van der Waals surface area contributed by atoms with Crippen molar-refractivity contribution in [2.45, 2.75) is 37.5 Å². The number of likely N-dealkylation sites (tertiary alicyclic amines) is 1. The van der Waals surface area contributed by atoms with E-state index in [0.717, 1.165) is 44.3 Å². The second kappa shape index (κ2) is 7.85. The molecule has 1 aromatic carbocycles. The molecule has 2 fully saturated rings. The Morgan fingerprint density at radius 1 is 1.08 bits per heavy atom.